The Balaban J connectivity index is 2.03. The molecule has 0 spiro atoms. The highest BCUT2D eigenvalue weighted by Gasteiger charge is 2.26. The van der Waals surface area contributed by atoms with Crippen LogP contribution in [0.15, 0.2) is 0 Å². The third kappa shape index (κ3) is 2.76. The number of piperidine rings is 1. The molecule has 0 aliphatic carbocycles. The minimum absolute atomic E-state index is 0.210. The van der Waals surface area contributed by atoms with Crippen molar-refractivity contribution in [3.8, 4) is 5.88 Å². The van der Waals surface area contributed by atoms with Gasteiger partial charge in [-0.1, -0.05) is 0 Å². The van der Waals surface area contributed by atoms with Crippen LogP contribution < -0.4 is 15.4 Å². The fourth-order valence-corrected chi connectivity index (χ4v) is 2.25. The van der Waals surface area contributed by atoms with Crippen LogP contribution >= 0.6 is 0 Å². The molecule has 1 aromatic heterocycles. The number of aryl methyl sites for hydroxylation is 2. The van der Waals surface area contributed by atoms with E-state index in [-0.39, 0.29) is 17.9 Å². The maximum Gasteiger partial charge on any atom is 0.243 e. The van der Waals surface area contributed by atoms with Gasteiger partial charge in [0.05, 0.1) is 24.4 Å². The molecule has 1 unspecified atom stereocenters. The van der Waals surface area contributed by atoms with Gasteiger partial charge in [0.1, 0.15) is 0 Å². The number of hydrogen-bond acceptors (Lipinski definition) is 5. The van der Waals surface area contributed by atoms with Gasteiger partial charge in [0, 0.05) is 20.0 Å². The van der Waals surface area contributed by atoms with Crippen molar-refractivity contribution in [3.05, 3.63) is 11.3 Å². The Bertz CT molecular complexity index is 509. The van der Waals surface area contributed by atoms with Gasteiger partial charge in [0.15, 0.2) is 0 Å². The number of methoxy groups -OCH3 is 1. The van der Waals surface area contributed by atoms with Crippen molar-refractivity contribution in [1.29, 1.82) is 0 Å². The van der Waals surface area contributed by atoms with E-state index in [9.17, 15) is 9.59 Å². The zero-order valence-corrected chi connectivity index (χ0v) is 11.3. The Morgan fingerprint density at radius 2 is 2.26 bits per heavy atom. The molecule has 0 radical (unpaired) electrons. The van der Waals surface area contributed by atoms with Crippen molar-refractivity contribution < 1.29 is 14.3 Å². The highest BCUT2D eigenvalue weighted by molar-refractivity contribution is 6.00. The molecule has 7 nitrogen and oxygen atoms in total. The number of carbonyl (C=O) groups is 2. The van der Waals surface area contributed by atoms with Crippen LogP contribution in [0.25, 0.3) is 0 Å². The molecule has 1 saturated heterocycles. The van der Waals surface area contributed by atoms with Crippen molar-refractivity contribution in [3.63, 3.8) is 0 Å². The molecule has 1 atom stereocenters. The fourth-order valence-electron chi connectivity index (χ4n) is 2.25. The summed E-state index contributed by atoms with van der Waals surface area (Å²) in [6, 6.07) is -0.345. The number of nitrogens with one attached hydrogen (secondary N) is 2. The van der Waals surface area contributed by atoms with Crippen LogP contribution in [0, 0.1) is 6.92 Å². The van der Waals surface area contributed by atoms with Crippen molar-refractivity contribution in [2.24, 2.45) is 7.05 Å². The molecular formula is C12H18N4O3. The van der Waals surface area contributed by atoms with E-state index in [2.05, 4.69) is 15.7 Å². The molecule has 7 heteroatoms. The van der Waals surface area contributed by atoms with E-state index in [1.165, 1.54) is 0 Å². The molecule has 1 fully saturated rings. The van der Waals surface area contributed by atoms with Crippen LogP contribution in [0.1, 0.15) is 24.1 Å². The molecule has 104 valence electrons. The molecule has 19 heavy (non-hydrogen) atoms. The van der Waals surface area contributed by atoms with E-state index in [0.717, 1.165) is 11.3 Å². The van der Waals surface area contributed by atoms with Gasteiger partial charge in [-0.05, 0) is 13.3 Å². The van der Waals surface area contributed by atoms with E-state index in [4.69, 9.17) is 4.74 Å². The first kappa shape index (κ1) is 13.5. The second-order valence-corrected chi connectivity index (χ2v) is 4.58. The van der Waals surface area contributed by atoms with E-state index >= 15 is 0 Å². The lowest BCUT2D eigenvalue weighted by molar-refractivity contribution is -0.134. The van der Waals surface area contributed by atoms with Crippen LogP contribution in [0.3, 0.4) is 0 Å². The lowest BCUT2D eigenvalue weighted by Crippen LogP contribution is -2.50. The monoisotopic (exact) mass is 266 g/mol. The molecule has 0 aromatic carbocycles. The Labute approximate surface area is 111 Å². The summed E-state index contributed by atoms with van der Waals surface area (Å²) >= 11 is 0. The second kappa shape index (κ2) is 5.40. The summed E-state index contributed by atoms with van der Waals surface area (Å²) in [4.78, 5) is 22.7. The van der Waals surface area contributed by atoms with Gasteiger partial charge in [-0.3, -0.25) is 14.9 Å². The topological polar surface area (TPSA) is 85.2 Å². The zero-order chi connectivity index (χ0) is 14.0. The molecule has 1 aliphatic rings. The Morgan fingerprint density at radius 1 is 1.53 bits per heavy atom. The first-order chi connectivity index (χ1) is 9.02. The van der Waals surface area contributed by atoms with Crippen LogP contribution in [0.2, 0.25) is 0 Å². The average molecular weight is 266 g/mol. The molecule has 0 saturated carbocycles. The lowest BCUT2D eigenvalue weighted by Gasteiger charge is -2.21. The quantitative estimate of drug-likeness (QED) is 0.726. The Morgan fingerprint density at radius 3 is 2.89 bits per heavy atom. The third-order valence-corrected chi connectivity index (χ3v) is 3.25. The zero-order valence-electron chi connectivity index (χ0n) is 11.3. The minimum Gasteiger partial charge on any atom is -0.481 e. The normalized spacial score (nSPS) is 19.4. The lowest BCUT2D eigenvalue weighted by atomic mass is 10.1. The second-order valence-electron chi connectivity index (χ2n) is 4.58. The smallest absolute Gasteiger partial charge is 0.243 e. The van der Waals surface area contributed by atoms with Crippen molar-refractivity contribution in [1.82, 2.24) is 20.4 Å². The predicted molar refractivity (Wildman–Crippen MR) is 67.5 cm³/mol. The number of nitrogens with zero attached hydrogens (tertiary/aromatic N) is 2. The van der Waals surface area contributed by atoms with E-state index < -0.39 is 0 Å². The first-order valence-electron chi connectivity index (χ1n) is 6.16. The van der Waals surface area contributed by atoms with Gasteiger partial charge in [-0.2, -0.15) is 5.10 Å². The number of aromatic nitrogens is 2. The Hall–Kier alpha value is -1.89. The summed E-state index contributed by atoms with van der Waals surface area (Å²) in [5.41, 5.74) is 1.79. The van der Waals surface area contributed by atoms with Crippen molar-refractivity contribution in [2.75, 3.05) is 7.11 Å². The van der Waals surface area contributed by atoms with Gasteiger partial charge in [0.2, 0.25) is 17.7 Å². The first-order valence-corrected chi connectivity index (χ1v) is 6.16. The molecule has 0 bridgehead atoms. The van der Waals surface area contributed by atoms with Crippen LogP contribution in [0.5, 0.6) is 5.88 Å². The van der Waals surface area contributed by atoms with Crippen molar-refractivity contribution >= 4 is 11.8 Å². The van der Waals surface area contributed by atoms with Crippen LogP contribution in [0.4, 0.5) is 0 Å². The van der Waals surface area contributed by atoms with Gasteiger partial charge in [0.25, 0.3) is 0 Å². The van der Waals surface area contributed by atoms with Gasteiger partial charge in [-0.15, -0.1) is 0 Å². The van der Waals surface area contributed by atoms with Crippen molar-refractivity contribution in [2.45, 2.75) is 32.4 Å². The van der Waals surface area contributed by atoms with Crippen LogP contribution in [-0.4, -0.2) is 34.7 Å². The third-order valence-electron chi connectivity index (χ3n) is 3.25. The van der Waals surface area contributed by atoms with E-state index in [1.54, 1.807) is 18.8 Å². The molecule has 2 amide bonds. The molecule has 1 aliphatic heterocycles. The molecule has 1 aromatic rings. The maximum absolute atomic E-state index is 11.6. The molecule has 2 rings (SSSR count). The summed E-state index contributed by atoms with van der Waals surface area (Å²) in [6.07, 6.45) is 0.888. The minimum atomic E-state index is -0.345. The summed E-state index contributed by atoms with van der Waals surface area (Å²) in [5, 5.41) is 9.73. The fraction of sp³-hybridized carbons (Fsp3) is 0.583. The molecule has 2 N–H and O–H groups in total. The number of imide groups is 1. The van der Waals surface area contributed by atoms with E-state index in [1.807, 2.05) is 6.92 Å². The number of amides is 2. The number of carbonyl (C=O) groups excluding carboxylic acids is 2. The predicted octanol–water partition coefficient (Wildman–Crippen LogP) is -0.368. The van der Waals surface area contributed by atoms with Gasteiger partial charge < -0.3 is 10.1 Å². The summed E-state index contributed by atoms with van der Waals surface area (Å²) in [6.45, 7) is 2.37. The SMILES string of the molecule is COc1c(CNC2CCC(=O)NC2=O)c(C)nn1C. The van der Waals surface area contributed by atoms with Gasteiger partial charge in [-0.25, -0.2) is 4.68 Å². The number of ether oxygens (including phenoxy) is 1. The van der Waals surface area contributed by atoms with Gasteiger partial charge >= 0.3 is 0 Å². The Kier molecular flexibility index (Phi) is 3.84. The largest absolute Gasteiger partial charge is 0.481 e. The summed E-state index contributed by atoms with van der Waals surface area (Å²) in [5.74, 6) is 0.201. The average Bonchev–Trinajstić information content (AvgIpc) is 2.62. The highest BCUT2D eigenvalue weighted by Crippen LogP contribution is 2.21. The molecule has 2 heterocycles. The van der Waals surface area contributed by atoms with E-state index in [0.29, 0.717) is 25.3 Å². The maximum atomic E-state index is 11.6. The van der Waals surface area contributed by atoms with Crippen LogP contribution in [-0.2, 0) is 23.2 Å². The number of rotatable bonds is 4. The summed E-state index contributed by atoms with van der Waals surface area (Å²) < 4.78 is 6.95. The highest BCUT2D eigenvalue weighted by atomic mass is 16.5. The number of hydrogen-bond donors (Lipinski definition) is 2. The standard InChI is InChI=1S/C12H18N4O3/c1-7-8(12(19-3)16(2)15-7)6-13-9-4-5-10(17)14-11(9)18/h9,13H,4-6H2,1-3H3,(H,14,17,18). The molecular weight excluding hydrogens is 248 g/mol. The summed E-state index contributed by atoms with van der Waals surface area (Å²) in [7, 11) is 3.40.